The third-order valence-electron chi connectivity index (χ3n) is 2.78. The smallest absolute Gasteiger partial charge is 0.151 e. The van der Waals surface area contributed by atoms with Crippen LogP contribution in [0.2, 0.25) is 0 Å². The lowest BCUT2D eigenvalue weighted by Gasteiger charge is -2.23. The zero-order valence-corrected chi connectivity index (χ0v) is 11.3. The minimum absolute atomic E-state index is 0.215. The number of nitrogens with zero attached hydrogens (tertiary/aromatic N) is 2. The Hall–Kier alpha value is -0.640. The van der Waals surface area contributed by atoms with Gasteiger partial charge in [0.1, 0.15) is 6.04 Å². The summed E-state index contributed by atoms with van der Waals surface area (Å²) >= 11 is 0. The fourth-order valence-electron chi connectivity index (χ4n) is 1.96. The van der Waals surface area contributed by atoms with Crippen LogP contribution < -0.4 is 5.32 Å². The minimum atomic E-state index is -2.86. The van der Waals surface area contributed by atoms with E-state index in [1.807, 2.05) is 13.8 Å². The summed E-state index contributed by atoms with van der Waals surface area (Å²) in [6, 6.07) is 2.25. The van der Waals surface area contributed by atoms with Gasteiger partial charge in [0.05, 0.1) is 17.6 Å². The Bertz CT molecular complexity index is 373. The van der Waals surface area contributed by atoms with Crippen molar-refractivity contribution < 1.29 is 8.42 Å². The highest BCUT2D eigenvalue weighted by atomic mass is 32.2. The highest BCUT2D eigenvalue weighted by molar-refractivity contribution is 7.91. The molecule has 1 rings (SSSR count). The van der Waals surface area contributed by atoms with Crippen molar-refractivity contribution >= 4 is 9.84 Å². The van der Waals surface area contributed by atoms with Crippen LogP contribution in [-0.4, -0.2) is 56.5 Å². The SMILES string of the molecule is CC(C)NC(C#N)CN1CCCS(=O)(=O)CC1. The molecule has 0 amide bonds. The average molecular weight is 259 g/mol. The van der Waals surface area contributed by atoms with Gasteiger partial charge in [-0.05, 0) is 26.8 Å². The van der Waals surface area contributed by atoms with Crippen LogP contribution in [-0.2, 0) is 9.84 Å². The molecule has 1 N–H and O–H groups in total. The standard InChI is InChI=1S/C11H21N3O2S/c1-10(2)13-11(8-12)9-14-4-3-6-17(15,16)7-5-14/h10-11,13H,3-7,9H2,1-2H3. The Labute approximate surface area is 104 Å². The summed E-state index contributed by atoms with van der Waals surface area (Å²) in [4.78, 5) is 2.06. The summed E-state index contributed by atoms with van der Waals surface area (Å²) in [6.07, 6.45) is 0.669. The molecule has 1 unspecified atom stereocenters. The second-order valence-corrected chi connectivity index (χ2v) is 7.11. The topological polar surface area (TPSA) is 73.2 Å². The van der Waals surface area contributed by atoms with E-state index in [-0.39, 0.29) is 23.6 Å². The second kappa shape index (κ2) is 6.34. The number of hydrogen-bond acceptors (Lipinski definition) is 5. The molecule has 0 spiro atoms. The van der Waals surface area contributed by atoms with E-state index in [1.165, 1.54) is 0 Å². The summed E-state index contributed by atoms with van der Waals surface area (Å²) in [5, 5.41) is 12.2. The van der Waals surface area contributed by atoms with Gasteiger partial charge in [-0.15, -0.1) is 0 Å². The van der Waals surface area contributed by atoms with Crippen LogP contribution in [0, 0.1) is 11.3 Å². The van der Waals surface area contributed by atoms with Crippen molar-refractivity contribution in [3.8, 4) is 6.07 Å². The third-order valence-corrected chi connectivity index (χ3v) is 4.49. The van der Waals surface area contributed by atoms with Crippen LogP contribution in [0.1, 0.15) is 20.3 Å². The molecule has 0 aromatic rings. The fourth-order valence-corrected chi connectivity index (χ4v) is 3.27. The maximum absolute atomic E-state index is 11.4. The highest BCUT2D eigenvalue weighted by Crippen LogP contribution is 2.05. The minimum Gasteiger partial charge on any atom is -0.300 e. The molecule has 5 nitrogen and oxygen atoms in total. The molecule has 1 aliphatic heterocycles. The number of nitriles is 1. The summed E-state index contributed by atoms with van der Waals surface area (Å²) in [6.45, 7) is 5.90. The van der Waals surface area contributed by atoms with E-state index >= 15 is 0 Å². The molecule has 1 heterocycles. The van der Waals surface area contributed by atoms with Crippen LogP contribution in [0.3, 0.4) is 0 Å². The predicted molar refractivity (Wildman–Crippen MR) is 67.4 cm³/mol. The Balaban J connectivity index is 2.48. The first-order valence-electron chi connectivity index (χ1n) is 6.01. The first-order chi connectivity index (χ1) is 7.93. The van der Waals surface area contributed by atoms with Crippen LogP contribution >= 0.6 is 0 Å². The Morgan fingerprint density at radius 3 is 2.65 bits per heavy atom. The fraction of sp³-hybridized carbons (Fsp3) is 0.909. The van der Waals surface area contributed by atoms with Gasteiger partial charge in [0.15, 0.2) is 9.84 Å². The van der Waals surface area contributed by atoms with Gasteiger partial charge in [-0.1, -0.05) is 0 Å². The van der Waals surface area contributed by atoms with E-state index in [9.17, 15) is 8.42 Å². The van der Waals surface area contributed by atoms with Crippen LogP contribution in [0.4, 0.5) is 0 Å². The van der Waals surface area contributed by atoms with Gasteiger partial charge in [0, 0.05) is 19.1 Å². The lowest BCUT2D eigenvalue weighted by Crippen LogP contribution is -2.43. The van der Waals surface area contributed by atoms with Crippen molar-refractivity contribution in [3.05, 3.63) is 0 Å². The van der Waals surface area contributed by atoms with Gasteiger partial charge in [-0.25, -0.2) is 8.42 Å². The maximum atomic E-state index is 11.4. The van der Waals surface area contributed by atoms with Crippen molar-refractivity contribution in [2.24, 2.45) is 0 Å². The maximum Gasteiger partial charge on any atom is 0.151 e. The van der Waals surface area contributed by atoms with Crippen molar-refractivity contribution in [1.29, 1.82) is 5.26 Å². The van der Waals surface area contributed by atoms with E-state index < -0.39 is 9.84 Å². The normalized spacial score (nSPS) is 22.9. The van der Waals surface area contributed by atoms with Crippen molar-refractivity contribution in [2.45, 2.75) is 32.4 Å². The molecule has 0 aromatic carbocycles. The van der Waals surface area contributed by atoms with Gasteiger partial charge in [0.2, 0.25) is 0 Å². The molecule has 1 aliphatic rings. The molecule has 17 heavy (non-hydrogen) atoms. The first kappa shape index (κ1) is 14.4. The van der Waals surface area contributed by atoms with Gasteiger partial charge in [-0.2, -0.15) is 5.26 Å². The molecule has 0 radical (unpaired) electrons. The van der Waals surface area contributed by atoms with Crippen LogP contribution in [0.5, 0.6) is 0 Å². The molecule has 0 bridgehead atoms. The summed E-state index contributed by atoms with van der Waals surface area (Å²) in [5.41, 5.74) is 0. The molecule has 1 saturated heterocycles. The number of hydrogen-bond donors (Lipinski definition) is 1. The molecule has 98 valence electrons. The lowest BCUT2D eigenvalue weighted by molar-refractivity contribution is 0.271. The molecule has 6 heteroatoms. The monoisotopic (exact) mass is 259 g/mol. The van der Waals surface area contributed by atoms with E-state index in [1.54, 1.807) is 0 Å². The highest BCUT2D eigenvalue weighted by Gasteiger charge is 2.21. The number of sulfone groups is 1. The predicted octanol–water partition coefficient (Wildman–Crippen LogP) is -0.00292. The lowest BCUT2D eigenvalue weighted by atomic mass is 10.2. The van der Waals surface area contributed by atoms with Gasteiger partial charge in [-0.3, -0.25) is 10.2 Å². The summed E-state index contributed by atoms with van der Waals surface area (Å²) in [5.74, 6) is 0.491. The van der Waals surface area contributed by atoms with Crippen molar-refractivity contribution in [3.63, 3.8) is 0 Å². The molecule has 1 fully saturated rings. The number of nitrogens with one attached hydrogen (secondary N) is 1. The zero-order valence-electron chi connectivity index (χ0n) is 10.5. The van der Waals surface area contributed by atoms with E-state index in [2.05, 4.69) is 16.3 Å². The van der Waals surface area contributed by atoms with E-state index in [0.717, 1.165) is 6.54 Å². The van der Waals surface area contributed by atoms with Crippen molar-refractivity contribution in [2.75, 3.05) is 31.1 Å². The van der Waals surface area contributed by atoms with E-state index in [0.29, 0.717) is 19.5 Å². The first-order valence-corrected chi connectivity index (χ1v) is 7.83. The third kappa shape index (κ3) is 5.48. The summed E-state index contributed by atoms with van der Waals surface area (Å²) in [7, 11) is -2.86. The largest absolute Gasteiger partial charge is 0.300 e. The summed E-state index contributed by atoms with van der Waals surface area (Å²) < 4.78 is 22.9. The molecular weight excluding hydrogens is 238 g/mol. The van der Waals surface area contributed by atoms with Gasteiger partial charge < -0.3 is 0 Å². The molecule has 0 aromatic heterocycles. The zero-order chi connectivity index (χ0) is 12.9. The van der Waals surface area contributed by atoms with Gasteiger partial charge >= 0.3 is 0 Å². The van der Waals surface area contributed by atoms with E-state index in [4.69, 9.17) is 5.26 Å². The average Bonchev–Trinajstić information content (AvgIpc) is 2.39. The molecule has 1 atom stereocenters. The molecule has 0 saturated carbocycles. The Morgan fingerprint density at radius 2 is 2.06 bits per heavy atom. The molecular formula is C11H21N3O2S. The Morgan fingerprint density at radius 1 is 1.35 bits per heavy atom. The quantitative estimate of drug-likeness (QED) is 0.769. The Kier molecular flexibility index (Phi) is 5.37. The van der Waals surface area contributed by atoms with Crippen molar-refractivity contribution in [1.82, 2.24) is 10.2 Å². The second-order valence-electron chi connectivity index (χ2n) is 4.81. The van der Waals surface area contributed by atoms with Crippen LogP contribution in [0.15, 0.2) is 0 Å². The van der Waals surface area contributed by atoms with Crippen LogP contribution in [0.25, 0.3) is 0 Å². The molecule has 0 aliphatic carbocycles. The number of rotatable bonds is 4. The van der Waals surface area contributed by atoms with Gasteiger partial charge in [0.25, 0.3) is 0 Å².